The average Bonchev–Trinajstić information content (AvgIpc) is 3.13. The van der Waals surface area contributed by atoms with Gasteiger partial charge in [-0.1, -0.05) is 33.3 Å². The Morgan fingerprint density at radius 2 is 1.66 bits per heavy atom. The first-order chi connectivity index (χ1) is 15.0. The number of aliphatic hydroxyl groups is 1. The van der Waals surface area contributed by atoms with Crippen molar-refractivity contribution >= 4 is 35.0 Å². The first kappa shape index (κ1) is 25.0. The van der Waals surface area contributed by atoms with Gasteiger partial charge in [-0.15, -0.1) is 11.3 Å². The van der Waals surface area contributed by atoms with Crippen LogP contribution in [0.5, 0.6) is 0 Å². The van der Waals surface area contributed by atoms with Crippen LogP contribution in [0.1, 0.15) is 101 Å². The molecule has 0 saturated heterocycles. The van der Waals surface area contributed by atoms with Crippen molar-refractivity contribution in [3.05, 3.63) is 21.4 Å². The predicted molar refractivity (Wildman–Crippen MR) is 131 cm³/mol. The lowest BCUT2D eigenvalue weighted by Crippen LogP contribution is -2.47. The van der Waals surface area contributed by atoms with Crippen LogP contribution in [-0.2, 0) is 4.79 Å². The lowest BCUT2D eigenvalue weighted by molar-refractivity contribution is -0.124. The summed E-state index contributed by atoms with van der Waals surface area (Å²) >= 11 is 1.25. The fourth-order valence-corrected chi connectivity index (χ4v) is 5.74. The number of rotatable bonds is 5. The van der Waals surface area contributed by atoms with E-state index >= 15 is 0 Å². The summed E-state index contributed by atoms with van der Waals surface area (Å²) in [6.45, 7) is 10.7. The largest absolute Gasteiger partial charge is 0.477 e. The molecule has 178 valence electrons. The van der Waals surface area contributed by atoms with E-state index in [1.807, 2.05) is 11.0 Å². The summed E-state index contributed by atoms with van der Waals surface area (Å²) in [4.78, 5) is 28.9. The summed E-state index contributed by atoms with van der Waals surface area (Å²) in [5, 5.41) is 20.0. The quantitative estimate of drug-likeness (QED) is 0.535. The van der Waals surface area contributed by atoms with Crippen LogP contribution in [0.25, 0.3) is 6.08 Å². The zero-order chi connectivity index (χ0) is 23.6. The lowest BCUT2D eigenvalue weighted by Gasteiger charge is -2.38. The van der Waals surface area contributed by atoms with Gasteiger partial charge in [0, 0.05) is 16.8 Å². The van der Waals surface area contributed by atoms with Gasteiger partial charge in [-0.2, -0.15) is 0 Å². The van der Waals surface area contributed by atoms with E-state index in [1.165, 1.54) is 16.9 Å². The molecule has 0 bridgehead atoms. The van der Waals surface area contributed by atoms with Crippen molar-refractivity contribution in [1.29, 1.82) is 0 Å². The molecule has 0 radical (unpaired) electrons. The van der Waals surface area contributed by atoms with Gasteiger partial charge in [0.2, 0.25) is 5.91 Å². The van der Waals surface area contributed by atoms with Crippen LogP contribution < -0.4 is 4.90 Å². The summed E-state index contributed by atoms with van der Waals surface area (Å²) < 4.78 is 0. The first-order valence-corrected chi connectivity index (χ1v) is 12.9. The Balaban J connectivity index is 2.01. The van der Waals surface area contributed by atoms with E-state index in [2.05, 4.69) is 40.7 Å². The van der Waals surface area contributed by atoms with Crippen LogP contribution in [0.15, 0.2) is 11.6 Å². The molecule has 2 fully saturated rings. The topological polar surface area (TPSA) is 77.8 Å². The average molecular weight is 462 g/mol. The van der Waals surface area contributed by atoms with E-state index in [0.717, 1.165) is 30.6 Å². The smallest absolute Gasteiger partial charge is 0.348 e. The van der Waals surface area contributed by atoms with Gasteiger partial charge in [-0.25, -0.2) is 4.79 Å². The number of anilines is 1. The van der Waals surface area contributed by atoms with Crippen LogP contribution in [0.3, 0.4) is 0 Å². The number of carboxylic acid groups (broad SMARTS) is 1. The fourth-order valence-electron chi connectivity index (χ4n) is 4.75. The maximum absolute atomic E-state index is 13.8. The second-order valence-corrected chi connectivity index (χ2v) is 12.0. The molecule has 1 heterocycles. The predicted octanol–water partition coefficient (Wildman–Crippen LogP) is 6.36. The van der Waals surface area contributed by atoms with Crippen LogP contribution in [0.4, 0.5) is 5.69 Å². The summed E-state index contributed by atoms with van der Waals surface area (Å²) in [7, 11) is 0. The number of allylic oxidation sites excluding steroid dienone is 1. The molecule has 1 aromatic rings. The van der Waals surface area contributed by atoms with Crippen LogP contribution in [-0.4, -0.2) is 34.2 Å². The van der Waals surface area contributed by atoms with Crippen molar-refractivity contribution in [2.24, 2.45) is 17.3 Å². The molecule has 1 aromatic heterocycles. The van der Waals surface area contributed by atoms with Crippen molar-refractivity contribution in [1.82, 2.24) is 0 Å². The zero-order valence-electron chi connectivity index (χ0n) is 20.2. The summed E-state index contributed by atoms with van der Waals surface area (Å²) in [6, 6.07) is 1.84. The van der Waals surface area contributed by atoms with Crippen molar-refractivity contribution in [3.63, 3.8) is 0 Å². The monoisotopic (exact) mass is 461 g/mol. The van der Waals surface area contributed by atoms with E-state index in [1.54, 1.807) is 0 Å². The number of hydrogen-bond acceptors (Lipinski definition) is 4. The van der Waals surface area contributed by atoms with Crippen LogP contribution in [0, 0.1) is 17.3 Å². The molecule has 32 heavy (non-hydrogen) atoms. The lowest BCUT2D eigenvalue weighted by atomic mass is 9.81. The van der Waals surface area contributed by atoms with Crippen molar-refractivity contribution in [3.8, 4) is 0 Å². The highest BCUT2D eigenvalue weighted by Crippen LogP contribution is 2.40. The summed E-state index contributed by atoms with van der Waals surface area (Å²) in [6.07, 6.45) is 8.27. The number of nitrogens with zero attached hydrogens (tertiary/aromatic N) is 1. The maximum Gasteiger partial charge on any atom is 0.348 e. The molecule has 0 spiro atoms. The fraction of sp³-hybridized carbons (Fsp3) is 0.692. The Morgan fingerprint density at radius 1 is 1.06 bits per heavy atom. The highest BCUT2D eigenvalue weighted by molar-refractivity contribution is 7.15. The summed E-state index contributed by atoms with van der Waals surface area (Å²) in [5.41, 5.74) is 1.70. The SMILES string of the molecule is C/C(=C/c1cc(N(C(=O)C2CCC(C)CC2)C2CCC(O)CC2)c(C(=O)O)s1)C(C)(C)C. The van der Waals surface area contributed by atoms with Gasteiger partial charge < -0.3 is 15.1 Å². The number of aliphatic hydroxyl groups excluding tert-OH is 1. The van der Waals surface area contributed by atoms with Crippen LogP contribution in [0.2, 0.25) is 0 Å². The normalized spacial score (nSPS) is 27.2. The van der Waals surface area contributed by atoms with E-state index in [4.69, 9.17) is 0 Å². The van der Waals surface area contributed by atoms with Crippen molar-refractivity contribution in [2.45, 2.75) is 98.1 Å². The molecule has 2 N–H and O–H groups in total. The minimum atomic E-state index is -0.982. The zero-order valence-corrected chi connectivity index (χ0v) is 21.0. The molecule has 0 atom stereocenters. The Bertz CT molecular complexity index is 850. The molecule has 5 nitrogen and oxygen atoms in total. The second kappa shape index (κ2) is 10.1. The molecule has 0 unspecified atom stereocenters. The van der Waals surface area contributed by atoms with Gasteiger partial charge in [-0.3, -0.25) is 4.79 Å². The molecule has 2 aliphatic rings. The van der Waals surface area contributed by atoms with Gasteiger partial charge in [0.1, 0.15) is 4.88 Å². The van der Waals surface area contributed by atoms with Crippen molar-refractivity contribution < 1.29 is 19.8 Å². The molecule has 1 amide bonds. The standard InChI is InChI=1S/C26H39NO4S/c1-16-6-8-18(9-7-16)24(29)27(19-10-12-20(28)13-11-19)22-15-21(32-23(22)25(30)31)14-17(2)26(3,4)5/h14-16,18-20,28H,6-13H2,1-5H3,(H,30,31)/b17-14-. The van der Waals surface area contributed by atoms with Gasteiger partial charge >= 0.3 is 5.97 Å². The first-order valence-electron chi connectivity index (χ1n) is 12.0. The van der Waals surface area contributed by atoms with E-state index in [0.29, 0.717) is 37.3 Å². The molecule has 6 heteroatoms. The number of amides is 1. The minimum absolute atomic E-state index is 0.0126. The number of carbonyl (C=O) groups is 2. The highest BCUT2D eigenvalue weighted by Gasteiger charge is 2.37. The Hall–Kier alpha value is -1.66. The third kappa shape index (κ3) is 5.82. The molecule has 2 saturated carbocycles. The molecular weight excluding hydrogens is 422 g/mol. The Kier molecular flexibility index (Phi) is 7.87. The molecular formula is C26H39NO4S. The van der Waals surface area contributed by atoms with Crippen LogP contribution >= 0.6 is 11.3 Å². The molecule has 0 aliphatic heterocycles. The van der Waals surface area contributed by atoms with Gasteiger partial charge in [0.05, 0.1) is 11.8 Å². The summed E-state index contributed by atoms with van der Waals surface area (Å²) in [5.74, 6) is -0.314. The second-order valence-electron chi connectivity index (χ2n) is 10.9. The number of thiophene rings is 1. The van der Waals surface area contributed by atoms with E-state index in [9.17, 15) is 19.8 Å². The number of aromatic carboxylic acids is 1. The van der Waals surface area contributed by atoms with Gasteiger partial charge in [0.15, 0.2) is 0 Å². The Labute approximate surface area is 196 Å². The minimum Gasteiger partial charge on any atom is -0.477 e. The van der Waals surface area contributed by atoms with E-state index in [-0.39, 0.29) is 34.3 Å². The molecule has 0 aromatic carbocycles. The number of carbonyl (C=O) groups excluding carboxylic acids is 1. The third-order valence-electron chi connectivity index (χ3n) is 7.36. The molecule has 3 rings (SSSR count). The molecule has 2 aliphatic carbocycles. The highest BCUT2D eigenvalue weighted by atomic mass is 32.1. The maximum atomic E-state index is 13.8. The van der Waals surface area contributed by atoms with Gasteiger partial charge in [-0.05, 0) is 81.8 Å². The number of carboxylic acids is 1. The third-order valence-corrected chi connectivity index (χ3v) is 8.42. The Morgan fingerprint density at radius 3 is 2.19 bits per heavy atom. The van der Waals surface area contributed by atoms with Crippen molar-refractivity contribution in [2.75, 3.05) is 4.90 Å². The van der Waals surface area contributed by atoms with E-state index < -0.39 is 5.97 Å². The van der Waals surface area contributed by atoms with Gasteiger partial charge in [0.25, 0.3) is 0 Å². The number of hydrogen-bond donors (Lipinski definition) is 2.